The van der Waals surface area contributed by atoms with E-state index in [-0.39, 0.29) is 17.9 Å². The van der Waals surface area contributed by atoms with E-state index < -0.39 is 0 Å². The van der Waals surface area contributed by atoms with E-state index >= 15 is 0 Å². The van der Waals surface area contributed by atoms with E-state index in [4.69, 9.17) is 4.74 Å². The molecular weight excluding hydrogens is 328 g/mol. The zero-order valence-corrected chi connectivity index (χ0v) is 15.2. The largest absolute Gasteiger partial charge is 0.374 e. The summed E-state index contributed by atoms with van der Waals surface area (Å²) in [4.78, 5) is 25.9. The van der Waals surface area contributed by atoms with E-state index in [9.17, 15) is 9.59 Å². The highest BCUT2D eigenvalue weighted by molar-refractivity contribution is 6.04. The molecule has 1 aliphatic heterocycles. The van der Waals surface area contributed by atoms with Gasteiger partial charge < -0.3 is 15.0 Å². The fraction of sp³-hybridized carbons (Fsp3) is 0.333. The number of carbonyl (C=O) groups is 2. The lowest BCUT2D eigenvalue weighted by Crippen LogP contribution is -2.23. The molecular formula is C21H24N2O3. The van der Waals surface area contributed by atoms with Crippen LogP contribution in [0.4, 0.5) is 11.4 Å². The van der Waals surface area contributed by atoms with Gasteiger partial charge in [0.2, 0.25) is 5.91 Å². The van der Waals surface area contributed by atoms with Crippen LogP contribution in [0.3, 0.4) is 0 Å². The van der Waals surface area contributed by atoms with Gasteiger partial charge in [-0.05, 0) is 62.2 Å². The van der Waals surface area contributed by atoms with Gasteiger partial charge in [-0.25, -0.2) is 0 Å². The van der Waals surface area contributed by atoms with Crippen molar-refractivity contribution in [3.05, 3.63) is 59.7 Å². The Morgan fingerprint density at radius 3 is 2.38 bits per heavy atom. The Morgan fingerprint density at radius 1 is 1.12 bits per heavy atom. The Labute approximate surface area is 154 Å². The summed E-state index contributed by atoms with van der Waals surface area (Å²) in [6, 6.07) is 14.8. The lowest BCUT2D eigenvalue weighted by Gasteiger charge is -2.16. The molecule has 0 aromatic heterocycles. The minimum Gasteiger partial charge on any atom is -0.374 e. The average molecular weight is 352 g/mol. The number of hydrogen-bond acceptors (Lipinski definition) is 3. The monoisotopic (exact) mass is 352 g/mol. The number of anilines is 2. The van der Waals surface area contributed by atoms with Gasteiger partial charge in [0.15, 0.2) is 0 Å². The second-order valence-corrected chi connectivity index (χ2v) is 6.71. The van der Waals surface area contributed by atoms with E-state index in [1.54, 1.807) is 17.0 Å². The summed E-state index contributed by atoms with van der Waals surface area (Å²) >= 11 is 0. The molecule has 5 heteroatoms. The van der Waals surface area contributed by atoms with Crippen molar-refractivity contribution >= 4 is 23.2 Å². The van der Waals surface area contributed by atoms with Crippen LogP contribution in [-0.2, 0) is 16.1 Å². The molecule has 0 aliphatic carbocycles. The first-order valence-corrected chi connectivity index (χ1v) is 8.95. The molecule has 0 radical (unpaired) electrons. The standard InChI is InChI=1S/C21H24N2O3/c1-15(2)26-14-16-5-7-17(8-6-16)21(25)22-18-9-11-19(12-10-18)23-13-3-4-20(23)24/h5-12,15H,3-4,13-14H2,1-2H3,(H,22,25). The number of nitrogens with one attached hydrogen (secondary N) is 1. The van der Waals surface area contributed by atoms with Gasteiger partial charge in [-0.3, -0.25) is 9.59 Å². The van der Waals surface area contributed by atoms with Crippen LogP contribution in [0.1, 0.15) is 42.6 Å². The predicted molar refractivity (Wildman–Crippen MR) is 102 cm³/mol. The maximum absolute atomic E-state index is 12.4. The van der Waals surface area contributed by atoms with Gasteiger partial charge in [0.05, 0.1) is 12.7 Å². The van der Waals surface area contributed by atoms with Crippen molar-refractivity contribution in [1.82, 2.24) is 0 Å². The highest BCUT2D eigenvalue weighted by Gasteiger charge is 2.21. The molecule has 0 bridgehead atoms. The summed E-state index contributed by atoms with van der Waals surface area (Å²) < 4.78 is 5.56. The van der Waals surface area contributed by atoms with Crippen LogP contribution in [0.5, 0.6) is 0 Å². The third kappa shape index (κ3) is 4.49. The molecule has 0 saturated carbocycles. The summed E-state index contributed by atoms with van der Waals surface area (Å²) in [7, 11) is 0. The van der Waals surface area contributed by atoms with Gasteiger partial charge in [0.1, 0.15) is 0 Å². The summed E-state index contributed by atoms with van der Waals surface area (Å²) in [6.45, 7) is 5.28. The molecule has 2 amide bonds. The predicted octanol–water partition coefficient (Wildman–Crippen LogP) is 3.99. The number of rotatable bonds is 6. The summed E-state index contributed by atoms with van der Waals surface area (Å²) in [5.41, 5.74) is 3.21. The minimum atomic E-state index is -0.161. The number of benzene rings is 2. The lowest BCUT2D eigenvalue weighted by molar-refractivity contribution is -0.117. The number of nitrogens with zero attached hydrogens (tertiary/aromatic N) is 1. The Bertz CT molecular complexity index is 767. The molecule has 3 rings (SSSR count). The molecule has 1 saturated heterocycles. The molecule has 2 aromatic carbocycles. The molecule has 1 N–H and O–H groups in total. The van der Waals surface area contributed by atoms with Gasteiger partial charge in [-0.2, -0.15) is 0 Å². The molecule has 0 atom stereocenters. The minimum absolute atomic E-state index is 0.156. The Hall–Kier alpha value is -2.66. The van der Waals surface area contributed by atoms with Crippen LogP contribution in [0.15, 0.2) is 48.5 Å². The quantitative estimate of drug-likeness (QED) is 0.855. The second-order valence-electron chi connectivity index (χ2n) is 6.71. The van der Waals surface area contributed by atoms with Crippen LogP contribution in [0.25, 0.3) is 0 Å². The molecule has 1 heterocycles. The number of hydrogen-bond donors (Lipinski definition) is 1. The van der Waals surface area contributed by atoms with E-state index in [1.807, 2.05) is 50.2 Å². The van der Waals surface area contributed by atoms with Crippen molar-refractivity contribution in [2.24, 2.45) is 0 Å². The maximum Gasteiger partial charge on any atom is 0.255 e. The first kappa shape index (κ1) is 18.1. The summed E-state index contributed by atoms with van der Waals surface area (Å²) in [5.74, 6) is -0.00496. The molecule has 5 nitrogen and oxygen atoms in total. The zero-order valence-electron chi connectivity index (χ0n) is 15.2. The van der Waals surface area contributed by atoms with Crippen LogP contribution in [0.2, 0.25) is 0 Å². The van der Waals surface area contributed by atoms with Crippen LogP contribution >= 0.6 is 0 Å². The number of amides is 2. The van der Waals surface area contributed by atoms with Gasteiger partial charge in [0.25, 0.3) is 5.91 Å². The topological polar surface area (TPSA) is 58.6 Å². The Balaban J connectivity index is 1.59. The fourth-order valence-electron chi connectivity index (χ4n) is 2.86. The molecule has 1 aliphatic rings. The summed E-state index contributed by atoms with van der Waals surface area (Å²) in [6.07, 6.45) is 1.68. The third-order valence-corrected chi connectivity index (χ3v) is 4.31. The number of ether oxygens (including phenoxy) is 1. The molecule has 0 spiro atoms. The maximum atomic E-state index is 12.4. The van der Waals surface area contributed by atoms with Crippen molar-refractivity contribution in [2.75, 3.05) is 16.8 Å². The van der Waals surface area contributed by atoms with Crippen molar-refractivity contribution in [2.45, 2.75) is 39.4 Å². The third-order valence-electron chi connectivity index (χ3n) is 4.31. The van der Waals surface area contributed by atoms with E-state index in [0.29, 0.717) is 24.3 Å². The molecule has 1 fully saturated rings. The van der Waals surface area contributed by atoms with Crippen LogP contribution in [-0.4, -0.2) is 24.5 Å². The normalized spacial score (nSPS) is 14.1. The molecule has 0 unspecified atom stereocenters. The Morgan fingerprint density at radius 2 is 1.81 bits per heavy atom. The van der Waals surface area contributed by atoms with Gasteiger partial charge in [-0.1, -0.05) is 12.1 Å². The molecule has 2 aromatic rings. The van der Waals surface area contributed by atoms with E-state index in [0.717, 1.165) is 24.2 Å². The SMILES string of the molecule is CC(C)OCc1ccc(C(=O)Nc2ccc(N3CCCC3=O)cc2)cc1. The van der Waals surface area contributed by atoms with Crippen molar-refractivity contribution < 1.29 is 14.3 Å². The van der Waals surface area contributed by atoms with Gasteiger partial charge in [0, 0.05) is 29.9 Å². The number of carbonyl (C=O) groups excluding carboxylic acids is 2. The van der Waals surface area contributed by atoms with E-state index in [2.05, 4.69) is 5.32 Å². The average Bonchev–Trinajstić information content (AvgIpc) is 3.07. The van der Waals surface area contributed by atoms with Crippen molar-refractivity contribution in [3.63, 3.8) is 0 Å². The molecule has 136 valence electrons. The highest BCUT2D eigenvalue weighted by atomic mass is 16.5. The lowest BCUT2D eigenvalue weighted by atomic mass is 10.1. The Kier molecular flexibility index (Phi) is 5.68. The van der Waals surface area contributed by atoms with Crippen LogP contribution < -0.4 is 10.2 Å². The van der Waals surface area contributed by atoms with E-state index in [1.165, 1.54) is 0 Å². The summed E-state index contributed by atoms with van der Waals surface area (Å²) in [5, 5.41) is 2.88. The highest BCUT2D eigenvalue weighted by Crippen LogP contribution is 2.23. The van der Waals surface area contributed by atoms with Gasteiger partial charge >= 0.3 is 0 Å². The smallest absolute Gasteiger partial charge is 0.255 e. The molecule has 26 heavy (non-hydrogen) atoms. The van der Waals surface area contributed by atoms with Crippen molar-refractivity contribution in [1.29, 1.82) is 0 Å². The zero-order chi connectivity index (χ0) is 18.5. The van der Waals surface area contributed by atoms with Crippen molar-refractivity contribution in [3.8, 4) is 0 Å². The first-order chi connectivity index (χ1) is 12.5. The fourth-order valence-corrected chi connectivity index (χ4v) is 2.86. The second kappa shape index (κ2) is 8.15. The van der Waals surface area contributed by atoms with Crippen LogP contribution in [0, 0.1) is 0 Å². The van der Waals surface area contributed by atoms with Gasteiger partial charge in [-0.15, -0.1) is 0 Å². The first-order valence-electron chi connectivity index (χ1n) is 8.95.